The van der Waals surface area contributed by atoms with Crippen molar-refractivity contribution in [2.75, 3.05) is 0 Å². The summed E-state index contributed by atoms with van der Waals surface area (Å²) in [5, 5.41) is 0. The first-order chi connectivity index (χ1) is 8.35. The van der Waals surface area contributed by atoms with Crippen LogP contribution in [-0.4, -0.2) is 0 Å². The molecule has 0 saturated heterocycles. The highest BCUT2D eigenvalue weighted by Gasteiger charge is 1.96. The maximum Gasteiger partial charge on any atom is -0.0142 e. The molecular weight excluding hydrogens is 204 g/mol. The fraction of sp³-hybridized carbons (Fsp3) is 0.765. The lowest BCUT2D eigenvalue weighted by Crippen LogP contribution is -1.85. The molecule has 0 bridgehead atoms. The number of rotatable bonds is 12. The second kappa shape index (κ2) is 13.5. The van der Waals surface area contributed by atoms with Crippen molar-refractivity contribution in [2.45, 2.75) is 84.5 Å². The van der Waals surface area contributed by atoms with E-state index in [1.165, 1.54) is 64.2 Å². The first kappa shape index (κ1) is 16.5. The molecule has 0 aromatic carbocycles. The zero-order chi connectivity index (χ0) is 12.8. The minimum absolute atomic E-state index is 1.10. The molecule has 0 N–H and O–H groups in total. The number of hydrogen-bond donors (Lipinski definition) is 0. The van der Waals surface area contributed by atoms with Gasteiger partial charge in [-0.05, 0) is 32.1 Å². The van der Waals surface area contributed by atoms with E-state index in [9.17, 15) is 0 Å². The van der Waals surface area contributed by atoms with Crippen molar-refractivity contribution < 1.29 is 0 Å². The summed E-state index contributed by atoms with van der Waals surface area (Å²) in [7, 11) is 0. The van der Waals surface area contributed by atoms with E-state index in [1.54, 1.807) is 5.57 Å². The minimum Gasteiger partial charge on any atom is -0.103 e. The third-order valence-corrected chi connectivity index (χ3v) is 3.25. The van der Waals surface area contributed by atoms with E-state index in [1.807, 2.05) is 0 Å². The zero-order valence-electron chi connectivity index (χ0n) is 12.1. The fourth-order valence-electron chi connectivity index (χ4n) is 2.13. The van der Waals surface area contributed by atoms with Gasteiger partial charge in [-0.3, -0.25) is 0 Å². The molecule has 100 valence electrons. The summed E-state index contributed by atoms with van der Waals surface area (Å²) < 4.78 is 0. The Bertz CT molecular complexity index is 188. The van der Waals surface area contributed by atoms with Crippen molar-refractivity contribution in [1.82, 2.24) is 0 Å². The average Bonchev–Trinajstić information content (AvgIpc) is 2.34. The summed E-state index contributed by atoms with van der Waals surface area (Å²) in [5.74, 6) is 0. The highest BCUT2D eigenvalue weighted by Crippen LogP contribution is 2.16. The molecule has 0 unspecified atom stereocenters. The molecular formula is C17H32. The predicted molar refractivity (Wildman–Crippen MR) is 80.4 cm³/mol. The molecule has 0 heterocycles. The monoisotopic (exact) mass is 236 g/mol. The first-order valence-corrected chi connectivity index (χ1v) is 7.63. The van der Waals surface area contributed by atoms with Crippen molar-refractivity contribution in [1.29, 1.82) is 0 Å². The van der Waals surface area contributed by atoms with Crippen LogP contribution in [0.15, 0.2) is 24.3 Å². The molecule has 0 aliphatic carbocycles. The van der Waals surface area contributed by atoms with Crippen LogP contribution in [-0.2, 0) is 0 Å². The Morgan fingerprint density at radius 1 is 0.882 bits per heavy atom. The minimum atomic E-state index is 1.10. The van der Waals surface area contributed by atoms with E-state index in [0.29, 0.717) is 0 Å². The van der Waals surface area contributed by atoms with E-state index < -0.39 is 0 Å². The van der Waals surface area contributed by atoms with Crippen LogP contribution in [0.3, 0.4) is 0 Å². The molecule has 0 aromatic heterocycles. The van der Waals surface area contributed by atoms with Crippen LogP contribution in [0.4, 0.5) is 0 Å². The van der Waals surface area contributed by atoms with Gasteiger partial charge in [0.15, 0.2) is 0 Å². The van der Waals surface area contributed by atoms with Gasteiger partial charge in [0, 0.05) is 0 Å². The third kappa shape index (κ3) is 11.7. The molecule has 0 amide bonds. The average molecular weight is 236 g/mol. The van der Waals surface area contributed by atoms with E-state index >= 15 is 0 Å². The van der Waals surface area contributed by atoms with Gasteiger partial charge in [-0.2, -0.15) is 0 Å². The van der Waals surface area contributed by atoms with E-state index in [4.69, 9.17) is 0 Å². The number of allylic oxidation sites excluding steroid dienone is 3. The fourth-order valence-corrected chi connectivity index (χ4v) is 2.13. The smallest absolute Gasteiger partial charge is 0.0142 e. The lowest BCUT2D eigenvalue weighted by molar-refractivity contribution is 0.652. The van der Waals surface area contributed by atoms with Crippen molar-refractivity contribution in [3.8, 4) is 0 Å². The molecule has 0 spiro atoms. The van der Waals surface area contributed by atoms with Crippen molar-refractivity contribution in [2.24, 2.45) is 0 Å². The first-order valence-electron chi connectivity index (χ1n) is 7.63. The Hall–Kier alpha value is -0.520. The SMILES string of the molecule is C=CCC(=CCCCCCC)CCCCCC. The third-order valence-electron chi connectivity index (χ3n) is 3.25. The molecule has 0 atom stereocenters. The number of hydrogen-bond acceptors (Lipinski definition) is 0. The maximum atomic E-state index is 3.86. The highest BCUT2D eigenvalue weighted by atomic mass is 14.0. The molecule has 0 aliphatic heterocycles. The van der Waals surface area contributed by atoms with Gasteiger partial charge in [0.1, 0.15) is 0 Å². The lowest BCUT2D eigenvalue weighted by Gasteiger charge is -2.05. The standard InChI is InChI=1S/C17H32/c1-4-7-9-11-13-16-17(14-6-3)15-12-10-8-5-2/h6,16H,3-5,7-15H2,1-2H3. The summed E-state index contributed by atoms with van der Waals surface area (Å²) in [6.45, 7) is 8.40. The summed E-state index contributed by atoms with van der Waals surface area (Å²) >= 11 is 0. The van der Waals surface area contributed by atoms with Crippen LogP contribution in [0.25, 0.3) is 0 Å². The van der Waals surface area contributed by atoms with Gasteiger partial charge in [0.05, 0.1) is 0 Å². The van der Waals surface area contributed by atoms with Crippen LogP contribution in [0, 0.1) is 0 Å². The summed E-state index contributed by atoms with van der Waals surface area (Å²) in [5.41, 5.74) is 1.62. The lowest BCUT2D eigenvalue weighted by atomic mass is 10.0. The number of unbranched alkanes of at least 4 members (excludes halogenated alkanes) is 7. The van der Waals surface area contributed by atoms with E-state index in [-0.39, 0.29) is 0 Å². The van der Waals surface area contributed by atoms with E-state index in [2.05, 4.69) is 32.6 Å². The quantitative estimate of drug-likeness (QED) is 0.270. The maximum absolute atomic E-state index is 3.86. The van der Waals surface area contributed by atoms with Gasteiger partial charge >= 0.3 is 0 Å². The highest BCUT2D eigenvalue weighted by molar-refractivity contribution is 5.06. The Morgan fingerprint density at radius 2 is 1.53 bits per heavy atom. The Morgan fingerprint density at radius 3 is 2.12 bits per heavy atom. The van der Waals surface area contributed by atoms with Crippen molar-refractivity contribution in [3.05, 3.63) is 24.3 Å². The summed E-state index contributed by atoms with van der Waals surface area (Å²) in [4.78, 5) is 0. The molecule has 0 nitrogen and oxygen atoms in total. The van der Waals surface area contributed by atoms with Crippen LogP contribution < -0.4 is 0 Å². The summed E-state index contributed by atoms with van der Waals surface area (Å²) in [6.07, 6.45) is 19.1. The molecule has 0 aromatic rings. The van der Waals surface area contributed by atoms with E-state index in [0.717, 1.165) is 6.42 Å². The van der Waals surface area contributed by atoms with Gasteiger partial charge in [-0.25, -0.2) is 0 Å². The topological polar surface area (TPSA) is 0 Å². The van der Waals surface area contributed by atoms with Crippen LogP contribution in [0.5, 0.6) is 0 Å². The molecule has 0 radical (unpaired) electrons. The van der Waals surface area contributed by atoms with Gasteiger partial charge in [0.25, 0.3) is 0 Å². The zero-order valence-corrected chi connectivity index (χ0v) is 12.1. The second-order valence-electron chi connectivity index (χ2n) is 5.02. The molecule has 0 aliphatic rings. The molecule has 0 heteroatoms. The van der Waals surface area contributed by atoms with Gasteiger partial charge in [-0.15, -0.1) is 6.58 Å². The largest absolute Gasteiger partial charge is 0.103 e. The van der Waals surface area contributed by atoms with Crippen molar-refractivity contribution >= 4 is 0 Å². The van der Waals surface area contributed by atoms with Crippen LogP contribution in [0.2, 0.25) is 0 Å². The van der Waals surface area contributed by atoms with Gasteiger partial charge in [0.2, 0.25) is 0 Å². The van der Waals surface area contributed by atoms with Crippen LogP contribution in [0.1, 0.15) is 84.5 Å². The predicted octanol–water partition coefficient (Wildman–Crippen LogP) is 6.43. The molecule has 0 saturated carbocycles. The normalized spacial score (nSPS) is 11.8. The molecule has 17 heavy (non-hydrogen) atoms. The van der Waals surface area contributed by atoms with Gasteiger partial charge < -0.3 is 0 Å². The van der Waals surface area contributed by atoms with Gasteiger partial charge in [-0.1, -0.05) is 70.1 Å². The Balaban J connectivity index is 3.70. The second-order valence-corrected chi connectivity index (χ2v) is 5.02. The molecule has 0 fully saturated rings. The van der Waals surface area contributed by atoms with Crippen LogP contribution >= 0.6 is 0 Å². The Labute approximate surface area is 109 Å². The summed E-state index contributed by atoms with van der Waals surface area (Å²) in [6, 6.07) is 0. The molecule has 0 rings (SSSR count). The Kier molecular flexibility index (Phi) is 13.1. The van der Waals surface area contributed by atoms with Crippen molar-refractivity contribution in [3.63, 3.8) is 0 Å².